The van der Waals surface area contributed by atoms with Crippen molar-refractivity contribution in [3.8, 4) is 11.9 Å². The van der Waals surface area contributed by atoms with E-state index in [2.05, 4.69) is 20.3 Å². The van der Waals surface area contributed by atoms with E-state index < -0.39 is 23.6 Å². The van der Waals surface area contributed by atoms with Gasteiger partial charge in [0, 0.05) is 13.0 Å². The van der Waals surface area contributed by atoms with Gasteiger partial charge in [-0.3, -0.25) is 9.79 Å². The number of nitriles is 1. The van der Waals surface area contributed by atoms with Crippen molar-refractivity contribution in [3.63, 3.8) is 0 Å². The molecule has 34 heavy (non-hydrogen) atoms. The molecule has 0 amide bonds. The Hall–Kier alpha value is -4.08. The van der Waals surface area contributed by atoms with Gasteiger partial charge in [-0.1, -0.05) is 18.2 Å². The fourth-order valence-corrected chi connectivity index (χ4v) is 3.07. The molecule has 0 aliphatic rings. The summed E-state index contributed by atoms with van der Waals surface area (Å²) in [6.07, 6.45) is -4.25. The molecule has 1 aromatic carbocycles. The Morgan fingerprint density at radius 1 is 1.32 bits per heavy atom. The number of nitrogens with one attached hydrogen (secondary N) is 1. The summed E-state index contributed by atoms with van der Waals surface area (Å²) in [5.74, 6) is -0.804. The average molecular weight is 478 g/mol. The van der Waals surface area contributed by atoms with Gasteiger partial charge in [0.1, 0.15) is 6.07 Å². The third-order valence-electron chi connectivity index (χ3n) is 4.56. The van der Waals surface area contributed by atoms with Gasteiger partial charge in [-0.25, -0.2) is 0 Å². The zero-order chi connectivity index (χ0) is 25.3. The minimum absolute atomic E-state index is 0.0253. The predicted molar refractivity (Wildman–Crippen MR) is 120 cm³/mol. The van der Waals surface area contributed by atoms with Gasteiger partial charge in [0.15, 0.2) is 23.1 Å². The van der Waals surface area contributed by atoms with Crippen molar-refractivity contribution in [2.24, 2.45) is 16.5 Å². The van der Waals surface area contributed by atoms with Crippen LogP contribution < -0.4 is 27.3 Å². The SMILES string of the molecule is CCOc1nc(N)nc(N[C@@H](CCCN=C(N)N)C(=O)Cc2cccc(C(F)(F)F)c2)c1C#N. The lowest BCUT2D eigenvalue weighted by Gasteiger charge is -2.20. The molecule has 2 aromatic rings. The number of Topliss-reactive ketones (excluding diaryl/α,β-unsaturated/α-hetero) is 1. The van der Waals surface area contributed by atoms with E-state index in [0.29, 0.717) is 6.42 Å². The second-order valence-corrected chi connectivity index (χ2v) is 7.14. The van der Waals surface area contributed by atoms with Crippen molar-refractivity contribution in [2.75, 3.05) is 24.2 Å². The Labute approximate surface area is 194 Å². The van der Waals surface area contributed by atoms with Crippen molar-refractivity contribution < 1.29 is 22.7 Å². The Balaban J connectivity index is 2.32. The van der Waals surface area contributed by atoms with Crippen LogP contribution in [0.2, 0.25) is 0 Å². The Morgan fingerprint density at radius 2 is 2.06 bits per heavy atom. The number of carbonyl (C=O) groups excluding carboxylic acids is 1. The molecule has 2 rings (SSSR count). The lowest BCUT2D eigenvalue weighted by Crippen LogP contribution is -2.32. The molecule has 0 unspecified atom stereocenters. The molecule has 0 saturated carbocycles. The van der Waals surface area contributed by atoms with Crippen molar-refractivity contribution in [1.82, 2.24) is 9.97 Å². The van der Waals surface area contributed by atoms with Gasteiger partial charge < -0.3 is 27.3 Å². The highest BCUT2D eigenvalue weighted by molar-refractivity contribution is 5.88. The van der Waals surface area contributed by atoms with E-state index in [9.17, 15) is 23.2 Å². The van der Waals surface area contributed by atoms with Gasteiger partial charge in [0.05, 0.1) is 18.2 Å². The molecular formula is C21H25F3N8O2. The number of nitrogen functional groups attached to an aromatic ring is 1. The zero-order valence-corrected chi connectivity index (χ0v) is 18.4. The van der Waals surface area contributed by atoms with Crippen LogP contribution in [0.3, 0.4) is 0 Å². The van der Waals surface area contributed by atoms with Crippen LogP contribution in [0.25, 0.3) is 0 Å². The lowest BCUT2D eigenvalue weighted by atomic mass is 9.98. The number of anilines is 2. The number of rotatable bonds is 11. The number of hydrogen-bond donors (Lipinski definition) is 4. The van der Waals surface area contributed by atoms with Crippen LogP contribution in [0.1, 0.15) is 36.5 Å². The first-order valence-corrected chi connectivity index (χ1v) is 10.3. The highest BCUT2D eigenvalue weighted by atomic mass is 19.4. The summed E-state index contributed by atoms with van der Waals surface area (Å²) in [6, 6.07) is 5.50. The number of alkyl halides is 3. The lowest BCUT2D eigenvalue weighted by molar-refractivity contribution is -0.137. The molecule has 1 atom stereocenters. The molecule has 7 N–H and O–H groups in total. The van der Waals surface area contributed by atoms with E-state index in [1.807, 2.05) is 6.07 Å². The molecule has 0 spiro atoms. The average Bonchev–Trinajstić information content (AvgIpc) is 2.75. The van der Waals surface area contributed by atoms with E-state index >= 15 is 0 Å². The molecule has 10 nitrogen and oxygen atoms in total. The largest absolute Gasteiger partial charge is 0.477 e. The van der Waals surface area contributed by atoms with E-state index in [1.54, 1.807) is 6.92 Å². The second-order valence-electron chi connectivity index (χ2n) is 7.14. The molecule has 0 fully saturated rings. The van der Waals surface area contributed by atoms with Crippen LogP contribution in [0.15, 0.2) is 29.3 Å². The van der Waals surface area contributed by atoms with Crippen LogP contribution in [-0.2, 0) is 17.4 Å². The highest BCUT2D eigenvalue weighted by Crippen LogP contribution is 2.30. The number of hydrogen-bond acceptors (Lipinski definition) is 8. The second kappa shape index (κ2) is 11.7. The molecule has 0 bridgehead atoms. The summed E-state index contributed by atoms with van der Waals surface area (Å²) in [7, 11) is 0. The Morgan fingerprint density at radius 3 is 2.68 bits per heavy atom. The number of guanidine groups is 1. The third kappa shape index (κ3) is 7.51. The van der Waals surface area contributed by atoms with E-state index in [-0.39, 0.29) is 60.7 Å². The maximum atomic E-state index is 13.1. The van der Waals surface area contributed by atoms with E-state index in [1.165, 1.54) is 12.1 Å². The van der Waals surface area contributed by atoms with Crippen molar-refractivity contribution >= 4 is 23.5 Å². The van der Waals surface area contributed by atoms with Crippen LogP contribution >= 0.6 is 0 Å². The molecule has 1 heterocycles. The van der Waals surface area contributed by atoms with Gasteiger partial charge in [0.2, 0.25) is 11.8 Å². The quantitative estimate of drug-likeness (QED) is 0.213. The molecule has 0 radical (unpaired) electrons. The van der Waals surface area contributed by atoms with Crippen LogP contribution in [0, 0.1) is 11.3 Å². The number of benzene rings is 1. The molecule has 0 aliphatic heterocycles. The maximum Gasteiger partial charge on any atom is 0.416 e. The number of nitrogens with two attached hydrogens (primary N) is 3. The summed E-state index contributed by atoms with van der Waals surface area (Å²) >= 11 is 0. The van der Waals surface area contributed by atoms with Gasteiger partial charge in [-0.2, -0.15) is 28.4 Å². The normalized spacial score (nSPS) is 11.9. The fourth-order valence-electron chi connectivity index (χ4n) is 3.07. The molecule has 182 valence electrons. The van der Waals surface area contributed by atoms with Crippen molar-refractivity contribution in [3.05, 3.63) is 41.0 Å². The molecule has 13 heteroatoms. The third-order valence-corrected chi connectivity index (χ3v) is 4.56. The molecule has 1 aromatic heterocycles. The minimum atomic E-state index is -4.53. The summed E-state index contributed by atoms with van der Waals surface area (Å²) < 4.78 is 44.5. The first-order chi connectivity index (χ1) is 16.0. The number of aliphatic imine (C=N–C) groups is 1. The monoisotopic (exact) mass is 478 g/mol. The van der Waals surface area contributed by atoms with Gasteiger partial charge in [-0.15, -0.1) is 0 Å². The molecule has 0 saturated heterocycles. The van der Waals surface area contributed by atoms with Crippen LogP contribution in [0.4, 0.5) is 24.9 Å². The number of aromatic nitrogens is 2. The first kappa shape index (κ1) is 26.2. The standard InChI is InChI=1S/C21H25F3N8O2/c1-2-34-18-14(11-25)17(31-20(28)32-18)30-15(7-4-8-29-19(26)27)16(33)10-12-5-3-6-13(9-12)21(22,23)24/h3,5-6,9,15H,2,4,7-8,10H2,1H3,(H4,26,27,29)(H3,28,30,31,32)/t15-/m0/s1. The number of ether oxygens (including phenoxy) is 1. The van der Waals surface area contributed by atoms with Crippen LogP contribution in [0.5, 0.6) is 5.88 Å². The summed E-state index contributed by atoms with van der Waals surface area (Å²) in [6.45, 7) is 2.12. The first-order valence-electron chi connectivity index (χ1n) is 10.3. The number of carbonyl (C=O) groups is 1. The Bertz CT molecular complexity index is 1080. The number of halogens is 3. The number of ketones is 1. The fraction of sp³-hybridized carbons (Fsp3) is 0.381. The zero-order valence-electron chi connectivity index (χ0n) is 18.4. The summed E-state index contributed by atoms with van der Waals surface area (Å²) in [5.41, 5.74) is 15.6. The van der Waals surface area contributed by atoms with Gasteiger partial charge in [-0.05, 0) is 31.4 Å². The molecular weight excluding hydrogens is 453 g/mol. The minimum Gasteiger partial charge on any atom is -0.477 e. The maximum absolute atomic E-state index is 13.1. The predicted octanol–water partition coefficient (Wildman–Crippen LogP) is 1.99. The highest BCUT2D eigenvalue weighted by Gasteiger charge is 2.31. The summed E-state index contributed by atoms with van der Waals surface area (Å²) in [5, 5.41) is 12.4. The molecule has 0 aliphatic carbocycles. The van der Waals surface area contributed by atoms with Gasteiger partial charge >= 0.3 is 6.18 Å². The Kier molecular flexibility index (Phi) is 9.00. The summed E-state index contributed by atoms with van der Waals surface area (Å²) in [4.78, 5) is 24.8. The van der Waals surface area contributed by atoms with E-state index in [4.69, 9.17) is 21.9 Å². The van der Waals surface area contributed by atoms with E-state index in [0.717, 1.165) is 12.1 Å². The topological polar surface area (TPSA) is 178 Å². The number of nitrogens with zero attached hydrogens (tertiary/aromatic N) is 4. The van der Waals surface area contributed by atoms with Gasteiger partial charge in [0.25, 0.3) is 0 Å². The van der Waals surface area contributed by atoms with Crippen LogP contribution in [-0.4, -0.2) is 40.9 Å². The van der Waals surface area contributed by atoms with Crippen molar-refractivity contribution in [2.45, 2.75) is 38.4 Å². The smallest absolute Gasteiger partial charge is 0.416 e. The van der Waals surface area contributed by atoms with Crippen molar-refractivity contribution in [1.29, 1.82) is 5.26 Å².